The molecule has 1 aromatic carbocycles. The highest BCUT2D eigenvalue weighted by Crippen LogP contribution is 2.14. The van der Waals surface area contributed by atoms with Crippen molar-refractivity contribution in [1.82, 2.24) is 4.98 Å². The number of rotatable bonds is 3. The van der Waals surface area contributed by atoms with Crippen molar-refractivity contribution >= 4 is 11.6 Å². The number of aliphatic hydroxyl groups excluding tert-OH is 1. The van der Waals surface area contributed by atoms with Crippen LogP contribution in [0.1, 0.15) is 28.0 Å². The van der Waals surface area contributed by atoms with Gasteiger partial charge in [-0.1, -0.05) is 24.0 Å². The van der Waals surface area contributed by atoms with Crippen molar-refractivity contribution < 1.29 is 9.90 Å². The summed E-state index contributed by atoms with van der Waals surface area (Å²) in [6, 6.07) is 10.7. The number of nitrogens with zero attached hydrogens (tertiary/aromatic N) is 1. The SMILES string of the molecule is Cc1ncccc1NC(=O)c1ccccc1C#CCCO. The molecular weight excluding hydrogens is 264 g/mol. The molecule has 0 spiro atoms. The molecule has 0 bridgehead atoms. The lowest BCUT2D eigenvalue weighted by Crippen LogP contribution is -2.14. The molecule has 21 heavy (non-hydrogen) atoms. The van der Waals surface area contributed by atoms with E-state index in [0.29, 0.717) is 23.2 Å². The number of aliphatic hydroxyl groups is 1. The molecule has 0 aliphatic carbocycles. The third kappa shape index (κ3) is 3.91. The second kappa shape index (κ2) is 7.22. The van der Waals surface area contributed by atoms with Gasteiger partial charge in [0.25, 0.3) is 5.91 Å². The molecule has 0 saturated carbocycles. The molecule has 0 aliphatic heterocycles. The molecule has 2 rings (SSSR count). The van der Waals surface area contributed by atoms with Crippen LogP contribution in [-0.4, -0.2) is 22.6 Å². The highest BCUT2D eigenvalue weighted by molar-refractivity contribution is 6.06. The molecule has 4 nitrogen and oxygen atoms in total. The van der Waals surface area contributed by atoms with Gasteiger partial charge in [0.1, 0.15) is 0 Å². The minimum absolute atomic E-state index is 0.0102. The van der Waals surface area contributed by atoms with E-state index in [1.807, 2.05) is 13.0 Å². The fraction of sp³-hybridized carbons (Fsp3) is 0.176. The summed E-state index contributed by atoms with van der Waals surface area (Å²) >= 11 is 0. The first-order valence-corrected chi connectivity index (χ1v) is 6.64. The second-order valence-corrected chi connectivity index (χ2v) is 4.41. The van der Waals surface area contributed by atoms with Gasteiger partial charge in [-0.05, 0) is 31.2 Å². The van der Waals surface area contributed by atoms with Gasteiger partial charge in [-0.3, -0.25) is 9.78 Å². The smallest absolute Gasteiger partial charge is 0.256 e. The van der Waals surface area contributed by atoms with Crippen molar-refractivity contribution in [3.63, 3.8) is 0 Å². The number of anilines is 1. The minimum Gasteiger partial charge on any atom is -0.395 e. The van der Waals surface area contributed by atoms with E-state index in [2.05, 4.69) is 22.1 Å². The van der Waals surface area contributed by atoms with E-state index in [9.17, 15) is 4.79 Å². The highest BCUT2D eigenvalue weighted by atomic mass is 16.2. The van der Waals surface area contributed by atoms with Gasteiger partial charge in [-0.2, -0.15) is 0 Å². The maximum absolute atomic E-state index is 12.4. The van der Waals surface area contributed by atoms with Crippen LogP contribution in [-0.2, 0) is 0 Å². The summed E-state index contributed by atoms with van der Waals surface area (Å²) in [4.78, 5) is 16.5. The molecule has 0 radical (unpaired) electrons. The quantitative estimate of drug-likeness (QED) is 0.849. The first-order chi connectivity index (χ1) is 10.2. The Bertz CT molecular complexity index is 699. The van der Waals surface area contributed by atoms with Gasteiger partial charge < -0.3 is 10.4 Å². The van der Waals surface area contributed by atoms with Gasteiger partial charge >= 0.3 is 0 Å². The van der Waals surface area contributed by atoms with E-state index in [0.717, 1.165) is 5.69 Å². The highest BCUT2D eigenvalue weighted by Gasteiger charge is 2.11. The predicted molar refractivity (Wildman–Crippen MR) is 82.0 cm³/mol. The normalized spacial score (nSPS) is 9.62. The summed E-state index contributed by atoms with van der Waals surface area (Å²) in [5, 5.41) is 11.6. The van der Waals surface area contributed by atoms with Crippen molar-refractivity contribution in [3.05, 3.63) is 59.4 Å². The largest absolute Gasteiger partial charge is 0.395 e. The lowest BCUT2D eigenvalue weighted by atomic mass is 10.1. The molecule has 0 saturated heterocycles. The molecule has 1 amide bonds. The molecule has 1 heterocycles. The van der Waals surface area contributed by atoms with E-state index in [1.54, 1.807) is 36.5 Å². The van der Waals surface area contributed by atoms with E-state index < -0.39 is 0 Å². The van der Waals surface area contributed by atoms with Gasteiger partial charge in [0, 0.05) is 18.2 Å². The van der Waals surface area contributed by atoms with Crippen LogP contribution >= 0.6 is 0 Å². The fourth-order valence-electron chi connectivity index (χ4n) is 1.81. The van der Waals surface area contributed by atoms with Crippen LogP contribution in [0.25, 0.3) is 0 Å². The summed E-state index contributed by atoms with van der Waals surface area (Å²) in [7, 11) is 0. The topological polar surface area (TPSA) is 62.2 Å². The van der Waals surface area contributed by atoms with Crippen LogP contribution in [0.15, 0.2) is 42.6 Å². The van der Waals surface area contributed by atoms with Crippen molar-refractivity contribution in [1.29, 1.82) is 0 Å². The number of carbonyl (C=O) groups excluding carboxylic acids is 1. The van der Waals surface area contributed by atoms with Gasteiger partial charge in [-0.25, -0.2) is 0 Å². The number of amides is 1. The number of aromatic nitrogens is 1. The summed E-state index contributed by atoms with van der Waals surface area (Å²) < 4.78 is 0. The molecule has 4 heteroatoms. The van der Waals surface area contributed by atoms with Gasteiger partial charge in [0.15, 0.2) is 0 Å². The number of hydrogen-bond acceptors (Lipinski definition) is 3. The monoisotopic (exact) mass is 280 g/mol. The Labute approximate surface area is 123 Å². The summed E-state index contributed by atoms with van der Waals surface area (Å²) in [5.41, 5.74) is 2.59. The molecule has 2 aromatic rings. The lowest BCUT2D eigenvalue weighted by molar-refractivity contribution is 0.102. The van der Waals surface area contributed by atoms with Gasteiger partial charge in [0.2, 0.25) is 0 Å². The van der Waals surface area contributed by atoms with Crippen LogP contribution in [0.5, 0.6) is 0 Å². The Morgan fingerprint density at radius 1 is 1.29 bits per heavy atom. The van der Waals surface area contributed by atoms with E-state index >= 15 is 0 Å². The Morgan fingerprint density at radius 2 is 2.10 bits per heavy atom. The maximum atomic E-state index is 12.4. The molecule has 0 aliphatic rings. The number of hydrogen-bond donors (Lipinski definition) is 2. The van der Waals surface area contributed by atoms with Crippen LogP contribution in [0.3, 0.4) is 0 Å². The fourth-order valence-corrected chi connectivity index (χ4v) is 1.81. The second-order valence-electron chi connectivity index (χ2n) is 4.41. The first kappa shape index (κ1) is 14.8. The average molecular weight is 280 g/mol. The number of pyridine rings is 1. The van der Waals surface area contributed by atoms with Crippen molar-refractivity contribution in [2.45, 2.75) is 13.3 Å². The van der Waals surface area contributed by atoms with Crippen molar-refractivity contribution in [2.75, 3.05) is 11.9 Å². The zero-order valence-corrected chi connectivity index (χ0v) is 11.8. The number of nitrogens with one attached hydrogen (secondary N) is 1. The molecular formula is C17H16N2O2. The van der Waals surface area contributed by atoms with E-state index in [4.69, 9.17) is 5.11 Å². The Balaban J connectivity index is 2.24. The molecule has 1 aromatic heterocycles. The molecule has 0 fully saturated rings. The lowest BCUT2D eigenvalue weighted by Gasteiger charge is -2.08. The Hall–Kier alpha value is -2.64. The average Bonchev–Trinajstić information content (AvgIpc) is 2.50. The van der Waals surface area contributed by atoms with Crippen LogP contribution in [0, 0.1) is 18.8 Å². The van der Waals surface area contributed by atoms with Crippen molar-refractivity contribution in [2.24, 2.45) is 0 Å². The number of carbonyl (C=O) groups is 1. The van der Waals surface area contributed by atoms with E-state index in [1.165, 1.54) is 0 Å². The molecule has 2 N–H and O–H groups in total. The zero-order chi connectivity index (χ0) is 15.1. The zero-order valence-electron chi connectivity index (χ0n) is 11.8. The summed E-state index contributed by atoms with van der Waals surface area (Å²) in [6.07, 6.45) is 2.07. The van der Waals surface area contributed by atoms with Crippen LogP contribution < -0.4 is 5.32 Å². The van der Waals surface area contributed by atoms with Crippen molar-refractivity contribution in [3.8, 4) is 11.8 Å². The number of benzene rings is 1. The van der Waals surface area contributed by atoms with E-state index in [-0.39, 0.29) is 12.5 Å². The van der Waals surface area contributed by atoms with Gasteiger partial charge in [-0.15, -0.1) is 0 Å². The first-order valence-electron chi connectivity index (χ1n) is 6.64. The molecule has 106 valence electrons. The summed E-state index contributed by atoms with van der Waals surface area (Å²) in [6.45, 7) is 1.85. The molecule has 0 unspecified atom stereocenters. The third-order valence-electron chi connectivity index (χ3n) is 2.89. The predicted octanol–water partition coefficient (Wildman–Crippen LogP) is 2.38. The maximum Gasteiger partial charge on any atom is 0.256 e. The standard InChI is InChI=1S/C17H16N2O2/c1-13-16(10-6-11-18-13)19-17(21)15-9-3-2-7-14(15)8-4-5-12-20/h2-3,6-7,9-11,20H,5,12H2,1H3,(H,19,21). The molecule has 0 atom stereocenters. The summed E-state index contributed by atoms with van der Waals surface area (Å²) in [5.74, 6) is 5.52. The minimum atomic E-state index is -0.222. The Kier molecular flexibility index (Phi) is 5.08. The number of aryl methyl sites for hydroxylation is 1. The van der Waals surface area contributed by atoms with Crippen LogP contribution in [0.2, 0.25) is 0 Å². The van der Waals surface area contributed by atoms with Crippen LogP contribution in [0.4, 0.5) is 5.69 Å². The Morgan fingerprint density at radius 3 is 2.86 bits per heavy atom. The third-order valence-corrected chi connectivity index (χ3v) is 2.89. The van der Waals surface area contributed by atoms with Gasteiger partial charge in [0.05, 0.1) is 23.6 Å².